The maximum Gasteiger partial charge on any atom is 0.248 e. The normalized spacial score (nSPS) is 21.8. The van der Waals surface area contributed by atoms with E-state index < -0.39 is 29.2 Å². The van der Waals surface area contributed by atoms with Crippen LogP contribution >= 0.6 is 0 Å². The molecule has 9 heteroatoms. The molecule has 32 heavy (non-hydrogen) atoms. The van der Waals surface area contributed by atoms with E-state index in [-0.39, 0.29) is 24.8 Å². The Labute approximate surface area is 188 Å². The molecule has 1 saturated heterocycles. The minimum atomic E-state index is -1.28. The van der Waals surface area contributed by atoms with Crippen molar-refractivity contribution in [2.24, 2.45) is 5.41 Å². The number of aliphatic hydroxyl groups is 2. The van der Waals surface area contributed by atoms with Gasteiger partial charge in [0.15, 0.2) is 0 Å². The molecule has 4 atom stereocenters. The zero-order valence-electron chi connectivity index (χ0n) is 19.3. The molecular weight excluding hydrogens is 410 g/mol. The van der Waals surface area contributed by atoms with Crippen molar-refractivity contribution in [3.05, 3.63) is 47.8 Å². The maximum absolute atomic E-state index is 13.6. The lowest BCUT2D eigenvalue weighted by molar-refractivity contribution is -0.144. The van der Waals surface area contributed by atoms with E-state index in [9.17, 15) is 19.8 Å². The van der Waals surface area contributed by atoms with Crippen molar-refractivity contribution in [3.8, 4) is 0 Å². The lowest BCUT2D eigenvalue weighted by Gasteiger charge is -2.34. The summed E-state index contributed by atoms with van der Waals surface area (Å²) in [4.78, 5) is 27.3. The number of carbonyl (C=O) groups excluding carboxylic acids is 2. The fourth-order valence-electron chi connectivity index (χ4n) is 4.24. The number of carbonyl (C=O) groups is 2. The number of β-amino-alcohol motifs (C(OH)–C–C–N with tert-alkyl or cyclic N) is 1. The molecule has 0 saturated carbocycles. The Balaban J connectivity index is 1.90. The van der Waals surface area contributed by atoms with E-state index in [0.29, 0.717) is 12.1 Å². The monoisotopic (exact) mass is 443 g/mol. The first-order valence-corrected chi connectivity index (χ1v) is 10.8. The summed E-state index contributed by atoms with van der Waals surface area (Å²) in [5.41, 5.74) is -0.532. The van der Waals surface area contributed by atoms with E-state index in [1.54, 1.807) is 13.1 Å². The number of likely N-dealkylation sites (N-methyl/N-ethyl adjacent to an activating group) is 1. The van der Waals surface area contributed by atoms with E-state index >= 15 is 0 Å². The van der Waals surface area contributed by atoms with Gasteiger partial charge in [-0.3, -0.25) is 9.59 Å². The van der Waals surface area contributed by atoms with Crippen LogP contribution in [0.2, 0.25) is 0 Å². The predicted molar refractivity (Wildman–Crippen MR) is 118 cm³/mol. The van der Waals surface area contributed by atoms with Gasteiger partial charge in [0, 0.05) is 26.4 Å². The first kappa shape index (κ1) is 23.9. The number of benzene rings is 1. The van der Waals surface area contributed by atoms with E-state index in [1.165, 1.54) is 16.6 Å². The molecule has 3 unspecified atom stereocenters. The van der Waals surface area contributed by atoms with Crippen molar-refractivity contribution >= 4 is 11.8 Å². The number of nitrogens with zero attached hydrogens (tertiary/aromatic N) is 4. The lowest BCUT2D eigenvalue weighted by Crippen LogP contribution is -2.49. The molecule has 9 nitrogen and oxygen atoms in total. The van der Waals surface area contributed by atoms with Crippen LogP contribution in [0.25, 0.3) is 0 Å². The summed E-state index contributed by atoms with van der Waals surface area (Å²) in [7, 11) is 1.51. The van der Waals surface area contributed by atoms with E-state index in [4.69, 9.17) is 0 Å². The van der Waals surface area contributed by atoms with E-state index in [2.05, 4.69) is 15.6 Å². The molecule has 1 aromatic carbocycles. The van der Waals surface area contributed by atoms with Crippen molar-refractivity contribution in [3.63, 3.8) is 0 Å². The van der Waals surface area contributed by atoms with Crippen LogP contribution in [0.4, 0.5) is 0 Å². The van der Waals surface area contributed by atoms with Gasteiger partial charge in [-0.2, -0.15) is 0 Å². The number of amides is 2. The van der Waals surface area contributed by atoms with Crippen molar-refractivity contribution in [2.45, 2.75) is 64.3 Å². The number of hydrogen-bond donors (Lipinski definition) is 3. The van der Waals surface area contributed by atoms with Crippen LogP contribution in [0.3, 0.4) is 0 Å². The molecule has 3 rings (SSSR count). The number of aromatic nitrogens is 3. The standard InChI is InChI=1S/C23H33N5O4/c1-22(2,3)19(21(31)27-13-16(29)11-17(27)20(30)24-5)28-14-18(25-26-28)23(4,32)12-15-9-7-6-8-10-15/h6-10,14,16-17,19,29,32H,11-13H2,1-5H3,(H,24,30)/t16?,17?,19-,23?/m1/s1. The summed E-state index contributed by atoms with van der Waals surface area (Å²) >= 11 is 0. The van der Waals surface area contributed by atoms with Gasteiger partial charge in [0.1, 0.15) is 23.4 Å². The van der Waals surface area contributed by atoms with Crippen molar-refractivity contribution < 1.29 is 19.8 Å². The number of rotatable bonds is 6. The molecule has 2 heterocycles. The summed E-state index contributed by atoms with van der Waals surface area (Å²) in [6, 6.07) is 8.07. The largest absolute Gasteiger partial charge is 0.391 e. The smallest absolute Gasteiger partial charge is 0.248 e. The summed E-state index contributed by atoms with van der Waals surface area (Å²) in [5, 5.41) is 32.1. The first-order valence-electron chi connectivity index (χ1n) is 10.8. The summed E-state index contributed by atoms with van der Waals surface area (Å²) in [6.45, 7) is 7.46. The van der Waals surface area contributed by atoms with Crippen molar-refractivity contribution in [2.75, 3.05) is 13.6 Å². The maximum atomic E-state index is 13.6. The highest BCUT2D eigenvalue weighted by atomic mass is 16.3. The third-order valence-corrected chi connectivity index (χ3v) is 5.88. The van der Waals surface area contributed by atoms with Crippen molar-refractivity contribution in [1.82, 2.24) is 25.2 Å². The van der Waals surface area contributed by atoms with Gasteiger partial charge in [-0.05, 0) is 17.9 Å². The summed E-state index contributed by atoms with van der Waals surface area (Å²) < 4.78 is 1.46. The molecule has 3 N–H and O–H groups in total. The molecule has 0 radical (unpaired) electrons. The van der Waals surface area contributed by atoms with E-state index in [0.717, 1.165) is 5.56 Å². The quantitative estimate of drug-likeness (QED) is 0.613. The highest BCUT2D eigenvalue weighted by Gasteiger charge is 2.45. The Kier molecular flexibility index (Phi) is 6.71. The summed E-state index contributed by atoms with van der Waals surface area (Å²) in [5.74, 6) is -0.630. The molecular formula is C23H33N5O4. The Bertz CT molecular complexity index is 951. The molecule has 0 aliphatic carbocycles. The fourth-order valence-corrected chi connectivity index (χ4v) is 4.24. The molecule has 1 aliphatic heterocycles. The van der Waals surface area contributed by atoms with Crippen LogP contribution in [0, 0.1) is 5.41 Å². The van der Waals surface area contributed by atoms with Gasteiger partial charge in [-0.1, -0.05) is 56.3 Å². The molecule has 0 spiro atoms. The zero-order valence-corrected chi connectivity index (χ0v) is 19.3. The Morgan fingerprint density at radius 3 is 2.47 bits per heavy atom. The summed E-state index contributed by atoms with van der Waals surface area (Å²) in [6.07, 6.45) is 1.37. The minimum absolute atomic E-state index is 0.0801. The average Bonchev–Trinajstić information content (AvgIpc) is 3.34. The third kappa shape index (κ3) is 4.99. The Morgan fingerprint density at radius 1 is 1.22 bits per heavy atom. The van der Waals surface area contributed by atoms with Crippen LogP contribution in [0.15, 0.2) is 36.5 Å². The molecule has 2 amide bonds. The van der Waals surface area contributed by atoms with Crippen LogP contribution in [-0.4, -0.2) is 67.7 Å². The molecule has 1 aliphatic rings. The third-order valence-electron chi connectivity index (χ3n) is 5.88. The molecule has 1 aromatic heterocycles. The highest BCUT2D eigenvalue weighted by molar-refractivity contribution is 5.90. The van der Waals surface area contributed by atoms with Gasteiger partial charge in [0.2, 0.25) is 11.8 Å². The number of hydrogen-bond acceptors (Lipinski definition) is 6. The number of aliphatic hydroxyl groups excluding tert-OH is 1. The average molecular weight is 444 g/mol. The molecule has 0 bridgehead atoms. The SMILES string of the molecule is CNC(=O)C1CC(O)CN1C(=O)[C@@H](n1cc(C(C)(O)Cc2ccccc2)nn1)C(C)(C)C. The Hall–Kier alpha value is -2.78. The van der Waals surface area contributed by atoms with Crippen LogP contribution < -0.4 is 5.32 Å². The minimum Gasteiger partial charge on any atom is -0.391 e. The highest BCUT2D eigenvalue weighted by Crippen LogP contribution is 2.35. The zero-order chi connectivity index (χ0) is 23.7. The molecule has 174 valence electrons. The van der Waals surface area contributed by atoms with Gasteiger partial charge in [-0.15, -0.1) is 5.10 Å². The Morgan fingerprint density at radius 2 is 1.88 bits per heavy atom. The van der Waals surface area contributed by atoms with Crippen molar-refractivity contribution in [1.29, 1.82) is 0 Å². The van der Waals surface area contributed by atoms with Crippen LogP contribution in [0.5, 0.6) is 0 Å². The first-order chi connectivity index (χ1) is 14.9. The fraction of sp³-hybridized carbons (Fsp3) is 0.565. The second-order valence-electron chi connectivity index (χ2n) is 9.80. The van der Waals surface area contributed by atoms with Gasteiger partial charge in [0.25, 0.3) is 0 Å². The van der Waals surface area contributed by atoms with Crippen LogP contribution in [-0.2, 0) is 21.6 Å². The van der Waals surface area contributed by atoms with Crippen LogP contribution in [0.1, 0.15) is 51.4 Å². The number of likely N-dealkylation sites (tertiary alicyclic amines) is 1. The molecule has 2 aromatic rings. The van der Waals surface area contributed by atoms with Gasteiger partial charge in [-0.25, -0.2) is 4.68 Å². The lowest BCUT2D eigenvalue weighted by atomic mass is 9.85. The van der Waals surface area contributed by atoms with Gasteiger partial charge >= 0.3 is 0 Å². The second kappa shape index (κ2) is 8.99. The number of nitrogens with one attached hydrogen (secondary N) is 1. The topological polar surface area (TPSA) is 121 Å². The van der Waals surface area contributed by atoms with Gasteiger partial charge < -0.3 is 20.4 Å². The van der Waals surface area contributed by atoms with Gasteiger partial charge in [0.05, 0.1) is 12.3 Å². The predicted octanol–water partition coefficient (Wildman–Crippen LogP) is 1.02. The molecule has 1 fully saturated rings. The van der Waals surface area contributed by atoms with E-state index in [1.807, 2.05) is 51.1 Å². The second-order valence-corrected chi connectivity index (χ2v) is 9.80.